The Kier molecular flexibility index (Phi) is 4.30. The molecule has 0 fully saturated rings. The Hall–Kier alpha value is -1.04. The molecule has 0 rings (SSSR count). The van der Waals surface area contributed by atoms with Crippen molar-refractivity contribution >= 4 is 0 Å². The molecule has 0 aromatic rings. The van der Waals surface area contributed by atoms with E-state index in [1.165, 1.54) is 0 Å². The van der Waals surface area contributed by atoms with E-state index < -0.39 is 0 Å². The van der Waals surface area contributed by atoms with Crippen molar-refractivity contribution in [3.05, 3.63) is 48.6 Å². The summed E-state index contributed by atoms with van der Waals surface area (Å²) < 4.78 is 0. The Morgan fingerprint density at radius 1 is 1.30 bits per heavy atom. The van der Waals surface area contributed by atoms with E-state index in [4.69, 9.17) is 0 Å². The van der Waals surface area contributed by atoms with E-state index in [2.05, 4.69) is 13.2 Å². The topological polar surface area (TPSA) is 0 Å². The second kappa shape index (κ2) is 4.80. The monoisotopic (exact) mass is 134 g/mol. The molecule has 0 nitrogen and oxygen atoms in total. The second-order valence-electron chi connectivity index (χ2n) is 2.17. The van der Waals surface area contributed by atoms with Gasteiger partial charge in [0.25, 0.3) is 0 Å². The van der Waals surface area contributed by atoms with Crippen molar-refractivity contribution in [2.75, 3.05) is 0 Å². The fraction of sp³-hybridized carbons (Fsp3) is 0.200. The molecule has 0 saturated heterocycles. The van der Waals surface area contributed by atoms with E-state index in [-0.39, 0.29) is 0 Å². The van der Waals surface area contributed by atoms with Gasteiger partial charge in [-0.2, -0.15) is 0 Å². The molecule has 0 atom stereocenters. The lowest BCUT2D eigenvalue weighted by atomic mass is 10.2. The van der Waals surface area contributed by atoms with Crippen LogP contribution in [0.25, 0.3) is 0 Å². The molecule has 0 aliphatic rings. The van der Waals surface area contributed by atoms with Crippen LogP contribution in [-0.2, 0) is 0 Å². The largest absolute Gasteiger partial charge is 0.0985 e. The zero-order valence-corrected chi connectivity index (χ0v) is 6.72. The molecule has 0 aromatic carbocycles. The summed E-state index contributed by atoms with van der Waals surface area (Å²) in [7, 11) is 0. The van der Waals surface area contributed by atoms with E-state index in [1.807, 2.05) is 38.2 Å². The van der Waals surface area contributed by atoms with Gasteiger partial charge in [0.1, 0.15) is 0 Å². The van der Waals surface area contributed by atoms with Crippen molar-refractivity contribution in [3.8, 4) is 0 Å². The van der Waals surface area contributed by atoms with Crippen LogP contribution in [0.5, 0.6) is 0 Å². The fourth-order valence-electron chi connectivity index (χ4n) is 0.521. The number of allylic oxidation sites excluding steroid dienone is 6. The predicted molar refractivity (Wildman–Crippen MR) is 47.9 cm³/mol. The van der Waals surface area contributed by atoms with E-state index in [1.54, 1.807) is 0 Å². The molecule has 0 bridgehead atoms. The summed E-state index contributed by atoms with van der Waals surface area (Å²) in [5.41, 5.74) is 2.18. The van der Waals surface area contributed by atoms with Crippen molar-refractivity contribution in [2.45, 2.75) is 13.8 Å². The molecule has 0 heteroatoms. The number of hydrogen-bond donors (Lipinski definition) is 0. The van der Waals surface area contributed by atoms with Gasteiger partial charge in [0.2, 0.25) is 0 Å². The maximum absolute atomic E-state index is 3.75. The van der Waals surface area contributed by atoms with Crippen molar-refractivity contribution in [3.63, 3.8) is 0 Å². The summed E-state index contributed by atoms with van der Waals surface area (Å²) >= 11 is 0. The molecule has 0 amide bonds. The van der Waals surface area contributed by atoms with Crippen molar-refractivity contribution in [2.24, 2.45) is 0 Å². The molecular formula is C10H14. The van der Waals surface area contributed by atoms with Crippen LogP contribution in [0.2, 0.25) is 0 Å². The van der Waals surface area contributed by atoms with Gasteiger partial charge in [-0.05, 0) is 19.4 Å². The predicted octanol–water partition coefficient (Wildman–Crippen LogP) is 3.25. The van der Waals surface area contributed by atoms with E-state index in [9.17, 15) is 0 Å². The molecule has 0 N–H and O–H groups in total. The Morgan fingerprint density at radius 2 is 1.90 bits per heavy atom. The van der Waals surface area contributed by atoms with Gasteiger partial charge in [0, 0.05) is 0 Å². The summed E-state index contributed by atoms with van der Waals surface area (Å²) in [5.74, 6) is 0. The minimum Gasteiger partial charge on any atom is -0.0985 e. The Morgan fingerprint density at radius 3 is 2.20 bits per heavy atom. The zero-order chi connectivity index (χ0) is 7.98. The second-order valence-corrected chi connectivity index (χ2v) is 2.17. The molecule has 0 aromatic heterocycles. The van der Waals surface area contributed by atoms with Crippen LogP contribution in [0.4, 0.5) is 0 Å². The quantitative estimate of drug-likeness (QED) is 0.520. The molecule has 10 heavy (non-hydrogen) atoms. The van der Waals surface area contributed by atoms with Crippen LogP contribution in [0.3, 0.4) is 0 Å². The molecule has 54 valence electrons. The average molecular weight is 134 g/mol. The highest BCUT2D eigenvalue weighted by molar-refractivity contribution is 5.31. The summed E-state index contributed by atoms with van der Waals surface area (Å²) in [5, 5.41) is 0. The van der Waals surface area contributed by atoms with Crippen LogP contribution >= 0.6 is 0 Å². The van der Waals surface area contributed by atoms with Gasteiger partial charge in [0.15, 0.2) is 0 Å². The third-order valence-electron chi connectivity index (χ3n) is 1.13. The lowest BCUT2D eigenvalue weighted by molar-refractivity contribution is 1.53. The number of hydrogen-bond acceptors (Lipinski definition) is 0. The van der Waals surface area contributed by atoms with E-state index in [0.29, 0.717) is 0 Å². The van der Waals surface area contributed by atoms with Gasteiger partial charge >= 0.3 is 0 Å². The van der Waals surface area contributed by atoms with Gasteiger partial charge in [-0.1, -0.05) is 43.0 Å². The third kappa shape index (κ3) is 3.90. The minimum atomic E-state index is 1.06. The standard InChI is InChI=1S/C10H14/c1-5-10(6-2)8-7-9(3)4/h5-8H,1,3H2,2,4H3/b8-7-,10-6-. The van der Waals surface area contributed by atoms with Crippen LogP contribution in [0.15, 0.2) is 48.6 Å². The van der Waals surface area contributed by atoms with Crippen molar-refractivity contribution in [1.82, 2.24) is 0 Å². The molecule has 0 aliphatic heterocycles. The van der Waals surface area contributed by atoms with Crippen molar-refractivity contribution < 1.29 is 0 Å². The maximum Gasteiger partial charge on any atom is -0.0305 e. The summed E-state index contributed by atoms with van der Waals surface area (Å²) in [6.07, 6.45) is 7.79. The molecule has 0 radical (unpaired) electrons. The SMILES string of the molecule is C=CC(/C=C\C(=C)C)=C/C. The maximum atomic E-state index is 3.75. The zero-order valence-electron chi connectivity index (χ0n) is 6.72. The molecule has 0 saturated carbocycles. The number of rotatable bonds is 3. The Balaban J connectivity index is 4.11. The summed E-state index contributed by atoms with van der Waals surface area (Å²) in [6.45, 7) is 11.4. The van der Waals surface area contributed by atoms with Crippen LogP contribution in [0.1, 0.15) is 13.8 Å². The first-order valence-electron chi connectivity index (χ1n) is 3.33. The summed E-state index contributed by atoms with van der Waals surface area (Å²) in [6, 6.07) is 0. The first-order chi connectivity index (χ1) is 4.70. The lowest BCUT2D eigenvalue weighted by Crippen LogP contribution is -1.68. The van der Waals surface area contributed by atoms with Gasteiger partial charge in [-0.25, -0.2) is 0 Å². The van der Waals surface area contributed by atoms with Crippen LogP contribution < -0.4 is 0 Å². The van der Waals surface area contributed by atoms with Crippen molar-refractivity contribution in [1.29, 1.82) is 0 Å². The van der Waals surface area contributed by atoms with Crippen LogP contribution in [0, 0.1) is 0 Å². The van der Waals surface area contributed by atoms with E-state index >= 15 is 0 Å². The molecule has 0 aliphatic carbocycles. The fourth-order valence-corrected chi connectivity index (χ4v) is 0.521. The molecule has 0 unspecified atom stereocenters. The first kappa shape index (κ1) is 8.96. The molecule has 0 heterocycles. The Bertz CT molecular complexity index is 180. The average Bonchev–Trinajstić information content (AvgIpc) is 1.90. The summed E-state index contributed by atoms with van der Waals surface area (Å²) in [4.78, 5) is 0. The molecule has 0 spiro atoms. The molecular weight excluding hydrogens is 120 g/mol. The lowest BCUT2D eigenvalue weighted by Gasteiger charge is -1.89. The van der Waals surface area contributed by atoms with Crippen LogP contribution in [-0.4, -0.2) is 0 Å². The third-order valence-corrected chi connectivity index (χ3v) is 1.13. The minimum absolute atomic E-state index is 1.06. The van der Waals surface area contributed by atoms with Gasteiger partial charge in [-0.3, -0.25) is 0 Å². The highest BCUT2D eigenvalue weighted by atomic mass is 13.8. The van der Waals surface area contributed by atoms with Gasteiger partial charge in [-0.15, -0.1) is 0 Å². The normalized spacial score (nSPS) is 12.0. The van der Waals surface area contributed by atoms with Gasteiger partial charge < -0.3 is 0 Å². The Labute approximate surface area is 63.3 Å². The first-order valence-corrected chi connectivity index (χ1v) is 3.33. The highest BCUT2D eigenvalue weighted by Gasteiger charge is 1.79. The van der Waals surface area contributed by atoms with Gasteiger partial charge in [0.05, 0.1) is 0 Å². The smallest absolute Gasteiger partial charge is 0.0305 e. The van der Waals surface area contributed by atoms with E-state index in [0.717, 1.165) is 11.1 Å². The highest BCUT2D eigenvalue weighted by Crippen LogP contribution is 1.99.